The van der Waals surface area contributed by atoms with Gasteiger partial charge in [0, 0.05) is 0 Å². The maximum absolute atomic E-state index is 10.5. The first kappa shape index (κ1) is 10.8. The van der Waals surface area contributed by atoms with Gasteiger partial charge >= 0.3 is 6.09 Å². The molecule has 0 unspecified atom stereocenters. The van der Waals surface area contributed by atoms with Gasteiger partial charge in [-0.15, -0.1) is 0 Å². The molecule has 0 aliphatic carbocycles. The van der Waals surface area contributed by atoms with Gasteiger partial charge in [0.2, 0.25) is 0 Å². The van der Waals surface area contributed by atoms with E-state index in [1.54, 1.807) is 12.1 Å². The lowest BCUT2D eigenvalue weighted by Crippen LogP contribution is -2.09. The van der Waals surface area contributed by atoms with E-state index < -0.39 is 6.09 Å². The quantitative estimate of drug-likeness (QED) is 0.859. The molecule has 0 fully saturated rings. The van der Waals surface area contributed by atoms with Crippen molar-refractivity contribution in [1.82, 2.24) is 0 Å². The first-order valence-electron chi connectivity index (χ1n) is 3.89. The van der Waals surface area contributed by atoms with Gasteiger partial charge in [0.1, 0.15) is 5.75 Å². The highest BCUT2D eigenvalue weighted by molar-refractivity contribution is 9.10. The van der Waals surface area contributed by atoms with E-state index >= 15 is 0 Å². The number of nitrogens with one attached hydrogen (secondary N) is 1. The number of amides is 1. The van der Waals surface area contributed by atoms with Crippen LogP contribution in [0.5, 0.6) is 5.75 Å². The number of hydrogen-bond acceptors (Lipinski definition) is 2. The smallest absolute Gasteiger partial charge is 0.409 e. The van der Waals surface area contributed by atoms with E-state index in [1.807, 2.05) is 6.92 Å². The fraction of sp³-hybridized carbons (Fsp3) is 0.222. The minimum Gasteiger partial charge on any atom is -0.495 e. The highest BCUT2D eigenvalue weighted by Gasteiger charge is 2.11. The summed E-state index contributed by atoms with van der Waals surface area (Å²) in [5.74, 6) is 0.597. The van der Waals surface area contributed by atoms with Crippen LogP contribution in [0.15, 0.2) is 16.6 Å². The van der Waals surface area contributed by atoms with Crippen molar-refractivity contribution in [2.24, 2.45) is 0 Å². The topological polar surface area (TPSA) is 58.6 Å². The predicted octanol–water partition coefficient (Wildman–Crippen LogP) is 2.86. The fourth-order valence-electron chi connectivity index (χ4n) is 1.07. The summed E-state index contributed by atoms with van der Waals surface area (Å²) in [5, 5.41) is 10.9. The first-order chi connectivity index (χ1) is 6.56. The summed E-state index contributed by atoms with van der Waals surface area (Å²) >= 11 is 3.27. The Balaban J connectivity index is 3.18. The van der Waals surface area contributed by atoms with Crippen LogP contribution >= 0.6 is 15.9 Å². The van der Waals surface area contributed by atoms with E-state index in [1.165, 1.54) is 7.11 Å². The summed E-state index contributed by atoms with van der Waals surface area (Å²) in [6, 6.07) is 3.56. The average molecular weight is 260 g/mol. The highest BCUT2D eigenvalue weighted by atomic mass is 79.9. The molecule has 14 heavy (non-hydrogen) atoms. The number of hydrogen-bond donors (Lipinski definition) is 2. The van der Waals surface area contributed by atoms with Crippen LogP contribution < -0.4 is 10.1 Å². The molecule has 4 nitrogen and oxygen atoms in total. The Morgan fingerprint density at radius 1 is 1.57 bits per heavy atom. The van der Waals surface area contributed by atoms with Gasteiger partial charge in [-0.1, -0.05) is 6.07 Å². The molecule has 1 amide bonds. The Bertz CT molecular complexity index is 365. The minimum absolute atomic E-state index is 0.511. The maximum Gasteiger partial charge on any atom is 0.409 e. The summed E-state index contributed by atoms with van der Waals surface area (Å²) in [7, 11) is 1.53. The molecular weight excluding hydrogens is 250 g/mol. The summed E-state index contributed by atoms with van der Waals surface area (Å²) in [6.45, 7) is 1.81. The van der Waals surface area contributed by atoms with Gasteiger partial charge in [0.25, 0.3) is 0 Å². The fourth-order valence-corrected chi connectivity index (χ4v) is 1.78. The Morgan fingerprint density at radius 3 is 2.71 bits per heavy atom. The van der Waals surface area contributed by atoms with Crippen LogP contribution in [0.3, 0.4) is 0 Å². The number of halogens is 1. The minimum atomic E-state index is -1.10. The Kier molecular flexibility index (Phi) is 3.35. The van der Waals surface area contributed by atoms with E-state index in [2.05, 4.69) is 21.2 Å². The Labute approximate surface area is 90.0 Å². The zero-order chi connectivity index (χ0) is 10.7. The second-order valence-electron chi connectivity index (χ2n) is 2.70. The standard InChI is InChI=1S/C9H10BrNO3/c1-5-3-4-6(14-2)7(10)8(5)11-9(12)13/h3-4,11H,1-2H3,(H,12,13). The molecule has 0 aromatic heterocycles. The molecule has 0 heterocycles. The van der Waals surface area contributed by atoms with Crippen molar-refractivity contribution in [3.63, 3.8) is 0 Å². The third kappa shape index (κ3) is 2.17. The van der Waals surface area contributed by atoms with Crippen molar-refractivity contribution < 1.29 is 14.6 Å². The third-order valence-electron chi connectivity index (χ3n) is 1.77. The van der Waals surface area contributed by atoms with Gasteiger partial charge < -0.3 is 9.84 Å². The number of rotatable bonds is 2. The molecule has 0 bridgehead atoms. The third-order valence-corrected chi connectivity index (χ3v) is 2.55. The molecule has 0 saturated carbocycles. The second kappa shape index (κ2) is 4.32. The molecule has 0 atom stereocenters. The first-order valence-corrected chi connectivity index (χ1v) is 4.68. The molecular formula is C9H10BrNO3. The SMILES string of the molecule is COc1ccc(C)c(NC(=O)O)c1Br. The van der Waals surface area contributed by atoms with Crippen LogP contribution in [0.25, 0.3) is 0 Å². The van der Waals surface area contributed by atoms with Crippen molar-refractivity contribution in [1.29, 1.82) is 0 Å². The number of carbonyl (C=O) groups is 1. The summed E-state index contributed by atoms with van der Waals surface area (Å²) in [4.78, 5) is 10.5. The van der Waals surface area contributed by atoms with Crippen LogP contribution in [-0.4, -0.2) is 18.3 Å². The highest BCUT2D eigenvalue weighted by Crippen LogP contribution is 2.34. The summed E-state index contributed by atoms with van der Waals surface area (Å²) < 4.78 is 5.66. The molecule has 5 heteroatoms. The lowest BCUT2D eigenvalue weighted by atomic mass is 10.2. The van der Waals surface area contributed by atoms with E-state index in [-0.39, 0.29) is 0 Å². The maximum atomic E-state index is 10.5. The van der Waals surface area contributed by atoms with E-state index in [0.29, 0.717) is 15.9 Å². The zero-order valence-electron chi connectivity index (χ0n) is 7.80. The van der Waals surface area contributed by atoms with Crippen molar-refractivity contribution in [3.05, 3.63) is 22.2 Å². The van der Waals surface area contributed by atoms with Crippen LogP contribution in [-0.2, 0) is 0 Å². The van der Waals surface area contributed by atoms with E-state index in [0.717, 1.165) is 5.56 Å². The second-order valence-corrected chi connectivity index (χ2v) is 3.50. The van der Waals surface area contributed by atoms with E-state index in [9.17, 15) is 4.79 Å². The van der Waals surface area contributed by atoms with Crippen LogP contribution in [0.1, 0.15) is 5.56 Å². The number of aryl methyl sites for hydroxylation is 1. The van der Waals surface area contributed by atoms with Gasteiger partial charge in [-0.25, -0.2) is 4.79 Å². The molecule has 1 rings (SSSR count). The average Bonchev–Trinajstić information content (AvgIpc) is 2.12. The van der Waals surface area contributed by atoms with Gasteiger partial charge in [-0.2, -0.15) is 0 Å². The molecule has 1 aromatic rings. The molecule has 0 aliphatic heterocycles. The van der Waals surface area contributed by atoms with Gasteiger partial charge in [0.15, 0.2) is 0 Å². The molecule has 0 radical (unpaired) electrons. The summed E-state index contributed by atoms with van der Waals surface area (Å²) in [6.07, 6.45) is -1.10. The van der Waals surface area contributed by atoms with Gasteiger partial charge in [0.05, 0.1) is 17.3 Å². The lowest BCUT2D eigenvalue weighted by molar-refractivity contribution is 0.209. The lowest BCUT2D eigenvalue weighted by Gasteiger charge is -2.11. The number of carboxylic acid groups (broad SMARTS) is 1. The largest absolute Gasteiger partial charge is 0.495 e. The number of methoxy groups -OCH3 is 1. The van der Waals surface area contributed by atoms with Crippen LogP contribution in [0, 0.1) is 6.92 Å². The van der Waals surface area contributed by atoms with Gasteiger partial charge in [-0.3, -0.25) is 5.32 Å². The molecule has 76 valence electrons. The van der Waals surface area contributed by atoms with Gasteiger partial charge in [-0.05, 0) is 34.5 Å². The van der Waals surface area contributed by atoms with Crippen LogP contribution in [0.2, 0.25) is 0 Å². The Hall–Kier alpha value is -1.23. The van der Waals surface area contributed by atoms with Crippen molar-refractivity contribution in [2.75, 3.05) is 12.4 Å². The molecule has 2 N–H and O–H groups in total. The molecule has 1 aromatic carbocycles. The number of ether oxygens (including phenoxy) is 1. The zero-order valence-corrected chi connectivity index (χ0v) is 9.38. The predicted molar refractivity (Wildman–Crippen MR) is 57.1 cm³/mol. The normalized spacial score (nSPS) is 9.64. The van der Waals surface area contributed by atoms with E-state index in [4.69, 9.17) is 9.84 Å². The molecule has 0 saturated heterocycles. The molecule has 0 aliphatic rings. The number of anilines is 1. The Morgan fingerprint density at radius 2 is 2.21 bits per heavy atom. The van der Waals surface area contributed by atoms with Crippen molar-refractivity contribution in [2.45, 2.75) is 6.92 Å². The van der Waals surface area contributed by atoms with Crippen molar-refractivity contribution in [3.8, 4) is 5.75 Å². The summed E-state index contributed by atoms with van der Waals surface area (Å²) in [5.41, 5.74) is 1.34. The van der Waals surface area contributed by atoms with Crippen molar-refractivity contribution >= 4 is 27.7 Å². The van der Waals surface area contributed by atoms with Crippen LogP contribution in [0.4, 0.5) is 10.5 Å². The monoisotopic (exact) mass is 259 g/mol. The molecule has 0 spiro atoms. The number of benzene rings is 1.